The van der Waals surface area contributed by atoms with Crippen molar-refractivity contribution in [2.24, 2.45) is 5.92 Å². The summed E-state index contributed by atoms with van der Waals surface area (Å²) in [5, 5.41) is 3.04. The standard InChI is InChI=1S/C19H30N2O3/c1-20-9-6-19(22)21-10-7-15(8-11-21)4-5-16-12-17(23-2)14-18(13-16)24-3/h12-15,20H,4-11H2,1-3H3. The number of piperidine rings is 1. The van der Waals surface area contributed by atoms with Gasteiger partial charge in [-0.2, -0.15) is 0 Å². The molecule has 0 radical (unpaired) electrons. The van der Waals surface area contributed by atoms with Gasteiger partial charge in [0.2, 0.25) is 5.91 Å². The predicted octanol–water partition coefficient (Wildman–Crippen LogP) is 2.48. The fourth-order valence-corrected chi connectivity index (χ4v) is 3.24. The molecule has 0 aliphatic carbocycles. The fraction of sp³-hybridized carbons (Fsp3) is 0.632. The summed E-state index contributed by atoms with van der Waals surface area (Å²) in [6.45, 7) is 2.56. The molecular weight excluding hydrogens is 304 g/mol. The summed E-state index contributed by atoms with van der Waals surface area (Å²) < 4.78 is 10.7. The van der Waals surface area contributed by atoms with Crippen molar-refractivity contribution in [1.29, 1.82) is 0 Å². The smallest absolute Gasteiger partial charge is 0.223 e. The molecule has 1 fully saturated rings. The monoisotopic (exact) mass is 334 g/mol. The lowest BCUT2D eigenvalue weighted by Gasteiger charge is -2.32. The number of aryl methyl sites for hydroxylation is 1. The van der Waals surface area contributed by atoms with Gasteiger partial charge in [-0.05, 0) is 56.3 Å². The number of carbonyl (C=O) groups is 1. The minimum atomic E-state index is 0.278. The van der Waals surface area contributed by atoms with Crippen molar-refractivity contribution in [2.45, 2.75) is 32.1 Å². The molecule has 1 amide bonds. The van der Waals surface area contributed by atoms with Crippen LogP contribution in [-0.4, -0.2) is 51.7 Å². The van der Waals surface area contributed by atoms with Crippen LogP contribution in [0.25, 0.3) is 0 Å². The third-order valence-corrected chi connectivity index (χ3v) is 4.81. The Morgan fingerprint density at radius 3 is 2.33 bits per heavy atom. The van der Waals surface area contributed by atoms with Crippen LogP contribution < -0.4 is 14.8 Å². The molecule has 1 N–H and O–H groups in total. The molecule has 1 saturated heterocycles. The molecule has 2 rings (SSSR count). The van der Waals surface area contributed by atoms with E-state index in [1.165, 1.54) is 5.56 Å². The summed E-state index contributed by atoms with van der Waals surface area (Å²) >= 11 is 0. The van der Waals surface area contributed by atoms with Crippen LogP contribution >= 0.6 is 0 Å². The average molecular weight is 334 g/mol. The molecule has 1 heterocycles. The molecule has 0 bridgehead atoms. The lowest BCUT2D eigenvalue weighted by molar-refractivity contribution is -0.132. The van der Waals surface area contributed by atoms with Crippen molar-refractivity contribution in [2.75, 3.05) is 40.9 Å². The van der Waals surface area contributed by atoms with E-state index in [9.17, 15) is 4.79 Å². The van der Waals surface area contributed by atoms with Gasteiger partial charge in [0.05, 0.1) is 14.2 Å². The quantitative estimate of drug-likeness (QED) is 0.793. The third kappa shape index (κ3) is 5.41. The fourth-order valence-electron chi connectivity index (χ4n) is 3.24. The van der Waals surface area contributed by atoms with E-state index in [0.29, 0.717) is 12.3 Å². The minimum absolute atomic E-state index is 0.278. The number of methoxy groups -OCH3 is 2. The van der Waals surface area contributed by atoms with E-state index in [2.05, 4.69) is 17.4 Å². The Morgan fingerprint density at radius 2 is 1.79 bits per heavy atom. The molecule has 0 unspecified atom stereocenters. The van der Waals surface area contributed by atoms with E-state index in [1.54, 1.807) is 14.2 Å². The number of amides is 1. The summed E-state index contributed by atoms with van der Waals surface area (Å²) in [4.78, 5) is 14.1. The summed E-state index contributed by atoms with van der Waals surface area (Å²) in [6, 6.07) is 6.07. The maximum atomic E-state index is 12.0. The first-order chi connectivity index (χ1) is 11.7. The normalized spacial score (nSPS) is 15.4. The van der Waals surface area contributed by atoms with Gasteiger partial charge in [0.25, 0.3) is 0 Å². The Labute approximate surface area is 145 Å². The topological polar surface area (TPSA) is 50.8 Å². The minimum Gasteiger partial charge on any atom is -0.497 e. The number of carbonyl (C=O) groups excluding carboxylic acids is 1. The molecule has 134 valence electrons. The molecular formula is C19H30N2O3. The largest absolute Gasteiger partial charge is 0.497 e. The first kappa shape index (κ1) is 18.6. The Balaban J connectivity index is 1.79. The summed E-state index contributed by atoms with van der Waals surface area (Å²) in [7, 11) is 5.24. The van der Waals surface area contributed by atoms with Gasteiger partial charge >= 0.3 is 0 Å². The van der Waals surface area contributed by atoms with Crippen molar-refractivity contribution in [3.8, 4) is 11.5 Å². The summed E-state index contributed by atoms with van der Waals surface area (Å²) in [6.07, 6.45) is 4.98. The van der Waals surface area contributed by atoms with Crippen molar-refractivity contribution in [3.63, 3.8) is 0 Å². The Bertz CT molecular complexity index is 503. The van der Waals surface area contributed by atoms with E-state index in [1.807, 2.05) is 18.0 Å². The first-order valence-electron chi connectivity index (χ1n) is 8.80. The highest BCUT2D eigenvalue weighted by Gasteiger charge is 2.22. The number of nitrogens with zero attached hydrogens (tertiary/aromatic N) is 1. The van der Waals surface area contributed by atoms with Crippen molar-refractivity contribution < 1.29 is 14.3 Å². The second-order valence-corrected chi connectivity index (χ2v) is 6.44. The molecule has 5 heteroatoms. The number of hydrogen-bond donors (Lipinski definition) is 1. The number of likely N-dealkylation sites (tertiary alicyclic amines) is 1. The van der Waals surface area contributed by atoms with Gasteiger partial charge in [0.1, 0.15) is 11.5 Å². The van der Waals surface area contributed by atoms with Crippen LogP contribution in [0.15, 0.2) is 18.2 Å². The Hall–Kier alpha value is -1.75. The second-order valence-electron chi connectivity index (χ2n) is 6.44. The molecule has 1 aromatic rings. The Morgan fingerprint density at radius 1 is 1.17 bits per heavy atom. The maximum Gasteiger partial charge on any atom is 0.223 e. The van der Waals surface area contributed by atoms with E-state index in [0.717, 1.165) is 56.8 Å². The van der Waals surface area contributed by atoms with Crippen molar-refractivity contribution >= 4 is 5.91 Å². The molecule has 0 spiro atoms. The molecule has 1 aromatic carbocycles. The van der Waals surface area contributed by atoms with Crippen molar-refractivity contribution in [1.82, 2.24) is 10.2 Å². The highest BCUT2D eigenvalue weighted by atomic mass is 16.5. The van der Waals surface area contributed by atoms with E-state index < -0.39 is 0 Å². The molecule has 0 atom stereocenters. The van der Waals surface area contributed by atoms with Crippen LogP contribution in [0, 0.1) is 5.92 Å². The molecule has 0 aromatic heterocycles. The average Bonchev–Trinajstić information content (AvgIpc) is 2.64. The second kappa shape index (κ2) is 9.52. The third-order valence-electron chi connectivity index (χ3n) is 4.81. The zero-order chi connectivity index (χ0) is 17.4. The van der Waals surface area contributed by atoms with Gasteiger partial charge in [0, 0.05) is 32.1 Å². The SMILES string of the molecule is CNCCC(=O)N1CCC(CCc2cc(OC)cc(OC)c2)CC1. The molecule has 1 aliphatic rings. The molecule has 24 heavy (non-hydrogen) atoms. The maximum absolute atomic E-state index is 12.0. The summed E-state index contributed by atoms with van der Waals surface area (Å²) in [5.74, 6) is 2.65. The van der Waals surface area contributed by atoms with Gasteiger partial charge in [-0.25, -0.2) is 0 Å². The van der Waals surface area contributed by atoms with Gasteiger partial charge in [-0.1, -0.05) is 0 Å². The zero-order valence-electron chi connectivity index (χ0n) is 15.1. The van der Waals surface area contributed by atoms with Gasteiger partial charge < -0.3 is 19.7 Å². The number of hydrogen-bond acceptors (Lipinski definition) is 4. The van der Waals surface area contributed by atoms with Crippen LogP contribution in [0.4, 0.5) is 0 Å². The van der Waals surface area contributed by atoms with E-state index >= 15 is 0 Å². The molecule has 1 aliphatic heterocycles. The van der Waals surface area contributed by atoms with E-state index in [4.69, 9.17) is 9.47 Å². The van der Waals surface area contributed by atoms with Crippen molar-refractivity contribution in [3.05, 3.63) is 23.8 Å². The first-order valence-corrected chi connectivity index (χ1v) is 8.80. The van der Waals surface area contributed by atoms with Gasteiger partial charge in [0.15, 0.2) is 0 Å². The van der Waals surface area contributed by atoms with Crippen LogP contribution in [0.2, 0.25) is 0 Å². The Kier molecular flexibility index (Phi) is 7.37. The summed E-state index contributed by atoms with van der Waals surface area (Å²) in [5.41, 5.74) is 1.25. The van der Waals surface area contributed by atoms with Gasteiger partial charge in [-0.3, -0.25) is 4.79 Å². The highest BCUT2D eigenvalue weighted by Crippen LogP contribution is 2.27. The van der Waals surface area contributed by atoms with Crippen LogP contribution in [-0.2, 0) is 11.2 Å². The number of nitrogens with one attached hydrogen (secondary N) is 1. The zero-order valence-corrected chi connectivity index (χ0v) is 15.1. The lowest BCUT2D eigenvalue weighted by Crippen LogP contribution is -2.39. The number of rotatable bonds is 8. The number of ether oxygens (including phenoxy) is 2. The van der Waals surface area contributed by atoms with Crippen LogP contribution in [0.1, 0.15) is 31.2 Å². The molecule has 0 saturated carbocycles. The van der Waals surface area contributed by atoms with E-state index in [-0.39, 0.29) is 5.91 Å². The van der Waals surface area contributed by atoms with Crippen LogP contribution in [0.5, 0.6) is 11.5 Å². The van der Waals surface area contributed by atoms with Crippen LogP contribution in [0.3, 0.4) is 0 Å². The molecule has 5 nitrogen and oxygen atoms in total. The van der Waals surface area contributed by atoms with Gasteiger partial charge in [-0.15, -0.1) is 0 Å². The lowest BCUT2D eigenvalue weighted by atomic mass is 9.90. The number of benzene rings is 1. The predicted molar refractivity (Wildman–Crippen MR) is 95.7 cm³/mol. The highest BCUT2D eigenvalue weighted by molar-refractivity contribution is 5.76.